The number of nitro groups is 1. The summed E-state index contributed by atoms with van der Waals surface area (Å²) < 4.78 is 25.4. The van der Waals surface area contributed by atoms with Crippen LogP contribution in [-0.4, -0.2) is 34.0 Å². The molecule has 19 heavy (non-hydrogen) atoms. The molecule has 0 saturated carbocycles. The van der Waals surface area contributed by atoms with E-state index >= 15 is 0 Å². The third-order valence-corrected chi connectivity index (χ3v) is 5.13. The van der Waals surface area contributed by atoms with Crippen LogP contribution < -0.4 is 4.72 Å². The van der Waals surface area contributed by atoms with Crippen LogP contribution in [0.2, 0.25) is 4.34 Å². The van der Waals surface area contributed by atoms with E-state index in [1.807, 2.05) is 0 Å². The van der Waals surface area contributed by atoms with E-state index in [2.05, 4.69) is 25.3 Å². The molecular formula is C6H5ClN6O4S2. The summed E-state index contributed by atoms with van der Waals surface area (Å²) in [6, 6.07) is 0.894. The van der Waals surface area contributed by atoms with Gasteiger partial charge < -0.3 is 0 Å². The number of thiophene rings is 1. The predicted molar refractivity (Wildman–Crippen MR) is 64.2 cm³/mol. The lowest BCUT2D eigenvalue weighted by Crippen LogP contribution is -2.23. The van der Waals surface area contributed by atoms with Crippen molar-refractivity contribution < 1.29 is 13.3 Å². The lowest BCUT2D eigenvalue weighted by molar-refractivity contribution is -0.384. The minimum Gasteiger partial charge on any atom is -0.258 e. The maximum absolute atomic E-state index is 11.8. The van der Waals surface area contributed by atoms with E-state index < -0.39 is 20.6 Å². The summed E-state index contributed by atoms with van der Waals surface area (Å²) in [5, 5.41) is 23.1. The third kappa shape index (κ3) is 3.04. The zero-order valence-corrected chi connectivity index (χ0v) is 11.3. The highest BCUT2D eigenvalue weighted by Crippen LogP contribution is 2.36. The van der Waals surface area contributed by atoms with Gasteiger partial charge in [-0.05, 0) is 0 Å². The summed E-state index contributed by atoms with van der Waals surface area (Å²) >= 11 is 6.19. The van der Waals surface area contributed by atoms with Crippen LogP contribution in [0.4, 0.5) is 5.69 Å². The normalized spacial score (nSPS) is 11.6. The third-order valence-electron chi connectivity index (χ3n) is 1.92. The first kappa shape index (κ1) is 13.8. The van der Waals surface area contributed by atoms with Crippen molar-refractivity contribution in [1.82, 2.24) is 25.3 Å². The quantitative estimate of drug-likeness (QED) is 0.594. The number of rotatable bonds is 5. The highest BCUT2D eigenvalue weighted by atomic mass is 35.5. The topological polar surface area (TPSA) is 144 Å². The maximum atomic E-state index is 11.8. The predicted octanol–water partition coefficient (Wildman–Crippen LogP) is 0.301. The fraction of sp³-hybridized carbons (Fsp3) is 0.167. The Morgan fingerprint density at radius 3 is 2.84 bits per heavy atom. The molecule has 0 aliphatic heterocycles. The van der Waals surface area contributed by atoms with Crippen molar-refractivity contribution in [3.8, 4) is 0 Å². The molecule has 13 heteroatoms. The van der Waals surface area contributed by atoms with Crippen molar-refractivity contribution in [3.63, 3.8) is 0 Å². The van der Waals surface area contributed by atoms with E-state index in [-0.39, 0.29) is 20.9 Å². The van der Waals surface area contributed by atoms with Gasteiger partial charge in [0.2, 0.25) is 0 Å². The minimum absolute atomic E-state index is 0.140. The first-order valence-electron chi connectivity index (χ1n) is 4.56. The summed E-state index contributed by atoms with van der Waals surface area (Å²) in [5.41, 5.74) is -0.452. The number of sulfonamides is 1. The number of aromatic amines is 1. The van der Waals surface area contributed by atoms with E-state index in [0.29, 0.717) is 11.3 Å². The zero-order chi connectivity index (χ0) is 14.0. The van der Waals surface area contributed by atoms with E-state index in [9.17, 15) is 18.5 Å². The molecule has 2 rings (SSSR count). The van der Waals surface area contributed by atoms with Gasteiger partial charge in [0, 0.05) is 6.07 Å². The molecule has 0 fully saturated rings. The van der Waals surface area contributed by atoms with E-state index in [1.54, 1.807) is 0 Å². The highest BCUT2D eigenvalue weighted by Gasteiger charge is 2.25. The average molecular weight is 325 g/mol. The van der Waals surface area contributed by atoms with Crippen LogP contribution in [0.15, 0.2) is 10.3 Å². The van der Waals surface area contributed by atoms with Crippen LogP contribution in [-0.2, 0) is 16.6 Å². The first-order valence-corrected chi connectivity index (χ1v) is 7.23. The van der Waals surface area contributed by atoms with Crippen molar-refractivity contribution in [2.45, 2.75) is 10.8 Å². The number of hydrogen-bond acceptors (Lipinski definition) is 8. The minimum atomic E-state index is -3.91. The first-order chi connectivity index (χ1) is 8.90. The standard InChI is InChI=1S/C6H5ClN6O4S2/c7-6-3(13(14)15)1-5(18-6)19(16,17)8-2-4-9-11-12-10-4/h1,8H,2H2,(H,9,10,11,12). The molecule has 0 amide bonds. The fourth-order valence-electron chi connectivity index (χ4n) is 1.08. The van der Waals surface area contributed by atoms with Crippen molar-refractivity contribution in [2.75, 3.05) is 0 Å². The number of nitrogens with zero attached hydrogens (tertiary/aromatic N) is 4. The number of tetrazole rings is 1. The number of H-pyrrole nitrogens is 1. The molecule has 0 aromatic carbocycles. The van der Waals surface area contributed by atoms with Crippen LogP contribution in [0.25, 0.3) is 0 Å². The molecule has 0 saturated heterocycles. The van der Waals surface area contributed by atoms with Crippen LogP contribution in [0, 0.1) is 10.1 Å². The SMILES string of the molecule is O=[N+]([O-])c1cc(S(=O)(=O)NCc2nn[nH]n2)sc1Cl. The largest absolute Gasteiger partial charge is 0.300 e. The molecule has 0 unspecified atom stereocenters. The van der Waals surface area contributed by atoms with Crippen LogP contribution in [0.5, 0.6) is 0 Å². The Morgan fingerprint density at radius 2 is 2.32 bits per heavy atom. The summed E-state index contributed by atoms with van der Waals surface area (Å²) in [6.07, 6.45) is 0. The molecule has 2 aromatic heterocycles. The number of hydrogen-bond donors (Lipinski definition) is 2. The van der Waals surface area contributed by atoms with Gasteiger partial charge in [-0.3, -0.25) is 10.1 Å². The fourth-order valence-corrected chi connectivity index (χ4v) is 3.77. The molecule has 0 aliphatic rings. The Morgan fingerprint density at radius 1 is 1.58 bits per heavy atom. The van der Waals surface area contributed by atoms with Gasteiger partial charge in [-0.1, -0.05) is 16.8 Å². The second kappa shape index (κ2) is 5.16. The number of halogens is 1. The van der Waals surface area contributed by atoms with Crippen molar-refractivity contribution >= 4 is 38.6 Å². The van der Waals surface area contributed by atoms with Crippen LogP contribution >= 0.6 is 22.9 Å². The van der Waals surface area contributed by atoms with Gasteiger partial charge in [0.1, 0.15) is 4.21 Å². The Bertz CT molecular complexity index is 695. The lowest BCUT2D eigenvalue weighted by atomic mass is 10.6. The summed E-state index contributed by atoms with van der Waals surface area (Å²) in [5.74, 6) is 0.140. The summed E-state index contributed by atoms with van der Waals surface area (Å²) in [4.78, 5) is 9.83. The molecule has 2 N–H and O–H groups in total. The monoisotopic (exact) mass is 324 g/mol. The van der Waals surface area contributed by atoms with Crippen LogP contribution in [0.3, 0.4) is 0 Å². The molecule has 0 atom stereocenters. The molecule has 2 aromatic rings. The second-order valence-electron chi connectivity index (χ2n) is 3.13. The lowest BCUT2D eigenvalue weighted by Gasteiger charge is -2.00. The Labute approximate surface area is 115 Å². The van der Waals surface area contributed by atoms with E-state index in [0.717, 1.165) is 6.07 Å². The maximum Gasteiger partial charge on any atom is 0.300 e. The molecule has 0 bridgehead atoms. The zero-order valence-electron chi connectivity index (χ0n) is 8.90. The van der Waals surface area contributed by atoms with Crippen molar-refractivity contribution in [1.29, 1.82) is 0 Å². The van der Waals surface area contributed by atoms with Gasteiger partial charge in [-0.2, -0.15) is 5.21 Å². The smallest absolute Gasteiger partial charge is 0.258 e. The average Bonchev–Trinajstić information content (AvgIpc) is 2.95. The summed E-state index contributed by atoms with van der Waals surface area (Å²) in [7, 11) is -3.91. The van der Waals surface area contributed by atoms with Crippen molar-refractivity contribution in [2.24, 2.45) is 0 Å². The number of nitrogens with one attached hydrogen (secondary N) is 2. The summed E-state index contributed by atoms with van der Waals surface area (Å²) in [6.45, 7) is -0.192. The molecule has 2 heterocycles. The molecule has 10 nitrogen and oxygen atoms in total. The van der Waals surface area contributed by atoms with Gasteiger partial charge in [0.15, 0.2) is 10.2 Å². The Balaban J connectivity index is 2.20. The van der Waals surface area contributed by atoms with Gasteiger partial charge in [-0.25, -0.2) is 13.1 Å². The Hall–Kier alpha value is -1.63. The van der Waals surface area contributed by atoms with Gasteiger partial charge in [0.25, 0.3) is 15.7 Å². The highest BCUT2D eigenvalue weighted by molar-refractivity contribution is 7.91. The van der Waals surface area contributed by atoms with E-state index in [4.69, 9.17) is 11.6 Å². The van der Waals surface area contributed by atoms with Crippen molar-refractivity contribution in [3.05, 3.63) is 26.3 Å². The number of aromatic nitrogens is 4. The van der Waals surface area contributed by atoms with Gasteiger partial charge in [-0.15, -0.1) is 21.5 Å². The van der Waals surface area contributed by atoms with E-state index in [1.165, 1.54) is 0 Å². The molecule has 0 aliphatic carbocycles. The molecule has 0 spiro atoms. The van der Waals surface area contributed by atoms with Gasteiger partial charge >= 0.3 is 0 Å². The van der Waals surface area contributed by atoms with Gasteiger partial charge in [0.05, 0.1) is 11.5 Å². The Kier molecular flexibility index (Phi) is 3.75. The molecule has 102 valence electrons. The second-order valence-corrected chi connectivity index (χ2v) is 6.78. The molecular weight excluding hydrogens is 320 g/mol. The van der Waals surface area contributed by atoms with Crippen LogP contribution in [0.1, 0.15) is 5.82 Å². The molecule has 0 radical (unpaired) electrons.